The van der Waals surface area contributed by atoms with E-state index in [9.17, 15) is 15.3 Å². The first-order valence-corrected chi connectivity index (χ1v) is 7.84. The van der Waals surface area contributed by atoms with Crippen LogP contribution in [0.1, 0.15) is 36.5 Å². The van der Waals surface area contributed by atoms with Gasteiger partial charge in [0, 0.05) is 5.92 Å². The fourth-order valence-electron chi connectivity index (χ4n) is 3.62. The lowest BCUT2D eigenvalue weighted by atomic mass is 9.68. The Labute approximate surface area is 136 Å². The lowest BCUT2D eigenvalue weighted by Crippen LogP contribution is -2.26. The van der Waals surface area contributed by atoms with E-state index in [1.54, 1.807) is 18.2 Å². The number of phenols is 3. The standard InChI is InChI=1S/C19H22O4/c1-10-6-13-7-16(21)17(22)9-14(13)19(11(10)2)12-4-5-15(20)18(8-12)23-3/h4-5,7-11,19-22H,6H2,1-3H3/t10-,11-,19-/m1/s1. The zero-order chi connectivity index (χ0) is 16.7. The number of hydrogen-bond acceptors (Lipinski definition) is 4. The first-order valence-electron chi connectivity index (χ1n) is 7.84. The largest absolute Gasteiger partial charge is 0.504 e. The third-order valence-corrected chi connectivity index (χ3v) is 5.10. The second-order valence-corrected chi connectivity index (χ2v) is 6.49. The number of methoxy groups -OCH3 is 1. The molecule has 122 valence electrons. The van der Waals surface area contributed by atoms with Gasteiger partial charge in [0.2, 0.25) is 0 Å². The topological polar surface area (TPSA) is 69.9 Å². The molecule has 1 aliphatic rings. The van der Waals surface area contributed by atoms with E-state index in [0.29, 0.717) is 17.6 Å². The van der Waals surface area contributed by atoms with Gasteiger partial charge in [-0.2, -0.15) is 0 Å². The van der Waals surface area contributed by atoms with Crippen LogP contribution in [0, 0.1) is 11.8 Å². The molecule has 0 spiro atoms. The molecule has 0 radical (unpaired) electrons. The molecule has 0 fully saturated rings. The van der Waals surface area contributed by atoms with Crippen molar-refractivity contribution >= 4 is 0 Å². The highest BCUT2D eigenvalue weighted by Crippen LogP contribution is 2.47. The van der Waals surface area contributed by atoms with Gasteiger partial charge >= 0.3 is 0 Å². The van der Waals surface area contributed by atoms with Gasteiger partial charge < -0.3 is 20.1 Å². The number of benzene rings is 2. The molecule has 3 N–H and O–H groups in total. The van der Waals surface area contributed by atoms with Crippen LogP contribution < -0.4 is 4.74 Å². The van der Waals surface area contributed by atoms with Crippen molar-refractivity contribution in [3.8, 4) is 23.0 Å². The zero-order valence-electron chi connectivity index (χ0n) is 13.6. The van der Waals surface area contributed by atoms with Crippen LogP contribution in [-0.4, -0.2) is 22.4 Å². The van der Waals surface area contributed by atoms with E-state index in [4.69, 9.17) is 4.74 Å². The molecular formula is C19H22O4. The van der Waals surface area contributed by atoms with Crippen molar-refractivity contribution in [1.82, 2.24) is 0 Å². The zero-order valence-corrected chi connectivity index (χ0v) is 13.6. The van der Waals surface area contributed by atoms with Gasteiger partial charge in [-0.1, -0.05) is 19.9 Å². The molecule has 0 amide bonds. The molecule has 0 aliphatic heterocycles. The van der Waals surface area contributed by atoms with Crippen molar-refractivity contribution in [3.63, 3.8) is 0 Å². The first-order chi connectivity index (χ1) is 10.9. The van der Waals surface area contributed by atoms with Crippen LogP contribution in [0.25, 0.3) is 0 Å². The molecule has 23 heavy (non-hydrogen) atoms. The highest BCUT2D eigenvalue weighted by Gasteiger charge is 2.33. The second-order valence-electron chi connectivity index (χ2n) is 6.49. The number of ether oxygens (including phenoxy) is 1. The van der Waals surface area contributed by atoms with Crippen molar-refractivity contribution in [2.75, 3.05) is 7.11 Å². The van der Waals surface area contributed by atoms with E-state index in [1.807, 2.05) is 12.1 Å². The number of aromatic hydroxyl groups is 3. The Morgan fingerprint density at radius 1 is 0.957 bits per heavy atom. The summed E-state index contributed by atoms with van der Waals surface area (Å²) >= 11 is 0. The van der Waals surface area contributed by atoms with Gasteiger partial charge in [0.1, 0.15) is 0 Å². The number of fused-ring (bicyclic) bond motifs is 1. The summed E-state index contributed by atoms with van der Waals surface area (Å²) in [6.07, 6.45) is 0.871. The summed E-state index contributed by atoms with van der Waals surface area (Å²) in [5, 5.41) is 29.6. The summed E-state index contributed by atoms with van der Waals surface area (Å²) < 4.78 is 5.23. The highest BCUT2D eigenvalue weighted by atomic mass is 16.5. The maximum atomic E-state index is 9.92. The van der Waals surface area contributed by atoms with Crippen LogP contribution in [0.2, 0.25) is 0 Å². The third kappa shape index (κ3) is 2.58. The summed E-state index contributed by atoms with van der Waals surface area (Å²) in [7, 11) is 1.53. The third-order valence-electron chi connectivity index (χ3n) is 5.10. The van der Waals surface area contributed by atoms with E-state index in [0.717, 1.165) is 23.1 Å². The molecule has 0 saturated heterocycles. The lowest BCUT2D eigenvalue weighted by Gasteiger charge is -2.37. The molecule has 3 rings (SSSR count). The van der Waals surface area contributed by atoms with E-state index in [2.05, 4.69) is 13.8 Å². The summed E-state index contributed by atoms with van der Waals surface area (Å²) in [4.78, 5) is 0. The molecule has 3 atom stereocenters. The Morgan fingerprint density at radius 2 is 1.65 bits per heavy atom. The normalized spacial score (nSPS) is 23.3. The van der Waals surface area contributed by atoms with Gasteiger partial charge in [-0.3, -0.25) is 0 Å². The van der Waals surface area contributed by atoms with Crippen LogP contribution in [0.5, 0.6) is 23.0 Å². The van der Waals surface area contributed by atoms with Gasteiger partial charge in [0.05, 0.1) is 7.11 Å². The maximum absolute atomic E-state index is 9.92. The van der Waals surface area contributed by atoms with E-state index in [1.165, 1.54) is 7.11 Å². The van der Waals surface area contributed by atoms with Crippen LogP contribution in [0.3, 0.4) is 0 Å². The Bertz CT molecular complexity index is 738. The van der Waals surface area contributed by atoms with Crippen molar-refractivity contribution in [1.29, 1.82) is 0 Å². The minimum Gasteiger partial charge on any atom is -0.504 e. The molecule has 0 heterocycles. The van der Waals surface area contributed by atoms with E-state index >= 15 is 0 Å². The van der Waals surface area contributed by atoms with Gasteiger partial charge in [-0.05, 0) is 59.2 Å². The summed E-state index contributed by atoms with van der Waals surface area (Å²) in [6, 6.07) is 8.71. The number of phenolic OH excluding ortho intramolecular Hbond substituents is 3. The number of hydrogen-bond donors (Lipinski definition) is 3. The van der Waals surface area contributed by atoms with Gasteiger partial charge in [-0.15, -0.1) is 0 Å². The average molecular weight is 314 g/mol. The Hall–Kier alpha value is -2.36. The molecular weight excluding hydrogens is 292 g/mol. The van der Waals surface area contributed by atoms with E-state index < -0.39 is 0 Å². The highest BCUT2D eigenvalue weighted by molar-refractivity contribution is 5.53. The molecule has 0 aromatic heterocycles. The summed E-state index contributed by atoms with van der Waals surface area (Å²) in [6.45, 7) is 4.39. The van der Waals surface area contributed by atoms with Crippen molar-refractivity contribution < 1.29 is 20.1 Å². The molecule has 4 nitrogen and oxygen atoms in total. The fraction of sp³-hybridized carbons (Fsp3) is 0.368. The Morgan fingerprint density at radius 3 is 2.35 bits per heavy atom. The molecule has 4 heteroatoms. The molecule has 2 aromatic rings. The number of rotatable bonds is 2. The summed E-state index contributed by atoms with van der Waals surface area (Å²) in [5.74, 6) is 1.26. The molecule has 0 saturated carbocycles. The van der Waals surface area contributed by atoms with Gasteiger partial charge in [0.25, 0.3) is 0 Å². The second kappa shape index (κ2) is 5.69. The lowest BCUT2D eigenvalue weighted by molar-refractivity contribution is 0.320. The predicted octanol–water partition coefficient (Wildman–Crippen LogP) is 3.77. The smallest absolute Gasteiger partial charge is 0.160 e. The molecule has 2 aromatic carbocycles. The monoisotopic (exact) mass is 314 g/mol. The van der Waals surface area contributed by atoms with Gasteiger partial charge in [0.15, 0.2) is 23.0 Å². The van der Waals surface area contributed by atoms with Crippen molar-refractivity contribution in [3.05, 3.63) is 47.0 Å². The molecule has 0 bridgehead atoms. The quantitative estimate of drug-likeness (QED) is 0.738. The maximum Gasteiger partial charge on any atom is 0.160 e. The molecule has 1 aliphatic carbocycles. The van der Waals surface area contributed by atoms with Gasteiger partial charge in [-0.25, -0.2) is 0 Å². The minimum absolute atomic E-state index is 0.0764. The van der Waals surface area contributed by atoms with E-state index in [-0.39, 0.29) is 23.2 Å². The SMILES string of the molecule is COc1cc([C@@H]2c3cc(O)c(O)cc3C[C@@H](C)[C@H]2C)ccc1O. The van der Waals surface area contributed by atoms with Crippen molar-refractivity contribution in [2.24, 2.45) is 11.8 Å². The molecule has 0 unspecified atom stereocenters. The fourth-order valence-corrected chi connectivity index (χ4v) is 3.62. The Balaban J connectivity index is 2.16. The predicted molar refractivity (Wildman–Crippen MR) is 88.3 cm³/mol. The van der Waals surface area contributed by atoms with Crippen LogP contribution >= 0.6 is 0 Å². The minimum atomic E-state index is -0.0961. The van der Waals surface area contributed by atoms with Crippen LogP contribution in [-0.2, 0) is 6.42 Å². The first kappa shape index (κ1) is 15.5. The summed E-state index contributed by atoms with van der Waals surface area (Å²) in [5.41, 5.74) is 3.12. The Kier molecular flexibility index (Phi) is 3.84. The average Bonchev–Trinajstić information content (AvgIpc) is 2.52. The van der Waals surface area contributed by atoms with Crippen LogP contribution in [0.4, 0.5) is 0 Å². The van der Waals surface area contributed by atoms with Crippen molar-refractivity contribution in [2.45, 2.75) is 26.2 Å². The van der Waals surface area contributed by atoms with Crippen LogP contribution in [0.15, 0.2) is 30.3 Å².